The van der Waals surface area contributed by atoms with Gasteiger partial charge >= 0.3 is 6.09 Å². The fourth-order valence-electron chi connectivity index (χ4n) is 4.45. The van der Waals surface area contributed by atoms with Crippen molar-refractivity contribution in [3.8, 4) is 0 Å². The molecule has 2 aromatic carbocycles. The maximum Gasteiger partial charge on any atom is 0.408 e. The van der Waals surface area contributed by atoms with Crippen LogP contribution < -0.4 is 10.6 Å². The quantitative estimate of drug-likeness (QED) is 0.343. The van der Waals surface area contributed by atoms with E-state index in [1.54, 1.807) is 31.7 Å². The SMILES string of the molecule is CCC(C)C(NC(=O)OC(C)(C)C)C(=O)N(C(C(=O)Nc1c(C)cccc1Cl)c1ccc(C)c(C)c1)C(C)(C)C. The van der Waals surface area contributed by atoms with Gasteiger partial charge in [-0.15, -0.1) is 0 Å². The standard InChI is InChI=1S/C32H46ClN3O4/c1-12-19(2)26(35-30(39)40-32(9,10)11)29(38)36(31(6,7)8)27(23-17-16-20(3)22(5)18-23)28(37)34-25-21(4)14-13-15-24(25)33/h13-19,26-27H,12H2,1-11H3,(H,34,37)(H,35,39). The number of rotatable bonds is 8. The van der Waals surface area contributed by atoms with Crippen molar-refractivity contribution in [3.63, 3.8) is 0 Å². The second kappa shape index (κ2) is 13.1. The molecule has 0 heterocycles. The molecule has 3 atom stereocenters. The van der Waals surface area contributed by atoms with Crippen molar-refractivity contribution in [2.45, 2.75) is 106 Å². The predicted molar refractivity (Wildman–Crippen MR) is 163 cm³/mol. The third-order valence-electron chi connectivity index (χ3n) is 6.93. The molecular formula is C32H46ClN3O4. The number of hydrogen-bond acceptors (Lipinski definition) is 4. The first-order chi connectivity index (χ1) is 18.4. The number of nitrogens with zero attached hydrogens (tertiary/aromatic N) is 1. The Kier molecular flexibility index (Phi) is 10.8. The summed E-state index contributed by atoms with van der Waals surface area (Å²) in [6.45, 7) is 20.6. The molecule has 0 bridgehead atoms. The molecule has 8 heteroatoms. The molecule has 0 fully saturated rings. The molecule has 3 unspecified atom stereocenters. The zero-order chi connectivity index (χ0) is 30.6. The number of amides is 3. The Morgan fingerprint density at radius 1 is 0.950 bits per heavy atom. The minimum atomic E-state index is -1.01. The van der Waals surface area contributed by atoms with Gasteiger partial charge in [-0.2, -0.15) is 0 Å². The van der Waals surface area contributed by atoms with Crippen LogP contribution in [0.3, 0.4) is 0 Å². The number of carbonyl (C=O) groups excluding carboxylic acids is 3. The van der Waals surface area contributed by atoms with Crippen LogP contribution in [0, 0.1) is 26.7 Å². The van der Waals surface area contributed by atoms with Crippen molar-refractivity contribution in [3.05, 3.63) is 63.7 Å². The van der Waals surface area contributed by atoms with Crippen LogP contribution in [0.25, 0.3) is 0 Å². The lowest BCUT2D eigenvalue weighted by Crippen LogP contribution is -2.59. The minimum Gasteiger partial charge on any atom is -0.444 e. The lowest BCUT2D eigenvalue weighted by atomic mass is 9.90. The maximum absolute atomic E-state index is 14.5. The molecule has 220 valence electrons. The Hall–Kier alpha value is -3.06. The molecular weight excluding hydrogens is 526 g/mol. The summed E-state index contributed by atoms with van der Waals surface area (Å²) >= 11 is 6.47. The molecule has 0 aliphatic heterocycles. The number of alkyl carbamates (subject to hydrolysis) is 1. The Morgan fingerprint density at radius 3 is 2.08 bits per heavy atom. The highest BCUT2D eigenvalue weighted by Gasteiger charge is 2.43. The van der Waals surface area contributed by atoms with Gasteiger partial charge in [0.2, 0.25) is 5.91 Å². The van der Waals surface area contributed by atoms with Gasteiger partial charge in [-0.25, -0.2) is 4.79 Å². The number of para-hydroxylation sites is 1. The molecule has 2 rings (SSSR count). The monoisotopic (exact) mass is 571 g/mol. The predicted octanol–water partition coefficient (Wildman–Crippen LogP) is 7.51. The molecule has 0 radical (unpaired) electrons. The van der Waals surface area contributed by atoms with Crippen LogP contribution >= 0.6 is 11.6 Å². The first-order valence-corrected chi connectivity index (χ1v) is 14.2. The van der Waals surface area contributed by atoms with Crippen LogP contribution in [0.15, 0.2) is 36.4 Å². The molecule has 0 spiro atoms. The molecule has 0 aliphatic rings. The summed E-state index contributed by atoms with van der Waals surface area (Å²) in [5.74, 6) is -0.996. The average molecular weight is 572 g/mol. The van der Waals surface area contributed by atoms with E-state index in [-0.39, 0.29) is 11.8 Å². The molecule has 0 saturated carbocycles. The fourth-order valence-corrected chi connectivity index (χ4v) is 4.72. The third-order valence-corrected chi connectivity index (χ3v) is 7.25. The molecule has 3 amide bonds. The van der Waals surface area contributed by atoms with Crippen molar-refractivity contribution in [2.75, 3.05) is 5.32 Å². The Labute approximate surface area is 245 Å². The van der Waals surface area contributed by atoms with Crippen LogP contribution in [-0.4, -0.2) is 40.0 Å². The summed E-state index contributed by atoms with van der Waals surface area (Å²) in [5.41, 5.74) is 2.50. The van der Waals surface area contributed by atoms with Crippen molar-refractivity contribution in [2.24, 2.45) is 5.92 Å². The Balaban J connectivity index is 2.69. The summed E-state index contributed by atoms with van der Waals surface area (Å²) in [7, 11) is 0. The molecule has 2 N–H and O–H groups in total. The molecule has 0 aromatic heterocycles. The summed E-state index contributed by atoms with van der Waals surface area (Å²) in [6.07, 6.45) is -0.0531. The lowest BCUT2D eigenvalue weighted by molar-refractivity contribution is -0.147. The lowest BCUT2D eigenvalue weighted by Gasteiger charge is -2.44. The topological polar surface area (TPSA) is 87.7 Å². The maximum atomic E-state index is 14.5. The van der Waals surface area contributed by atoms with Gasteiger partial charge < -0.3 is 20.3 Å². The Bertz CT molecular complexity index is 1210. The van der Waals surface area contributed by atoms with Crippen molar-refractivity contribution in [1.29, 1.82) is 0 Å². The van der Waals surface area contributed by atoms with E-state index in [4.69, 9.17) is 16.3 Å². The third kappa shape index (κ3) is 8.47. The summed E-state index contributed by atoms with van der Waals surface area (Å²) in [4.78, 5) is 43.1. The highest BCUT2D eigenvalue weighted by atomic mass is 35.5. The van der Waals surface area contributed by atoms with Gasteiger partial charge in [-0.05, 0) is 96.6 Å². The van der Waals surface area contributed by atoms with Crippen molar-refractivity contribution >= 4 is 35.2 Å². The summed E-state index contributed by atoms with van der Waals surface area (Å²) in [5, 5.41) is 6.21. The first-order valence-electron chi connectivity index (χ1n) is 13.8. The summed E-state index contributed by atoms with van der Waals surface area (Å²) < 4.78 is 5.49. The largest absolute Gasteiger partial charge is 0.444 e. The number of hydrogen-bond donors (Lipinski definition) is 2. The zero-order valence-electron chi connectivity index (χ0n) is 25.9. The fraction of sp³-hybridized carbons (Fsp3) is 0.531. The van der Waals surface area contributed by atoms with Crippen molar-refractivity contribution in [1.82, 2.24) is 10.2 Å². The van der Waals surface area contributed by atoms with Gasteiger partial charge in [0.05, 0.1) is 10.7 Å². The van der Waals surface area contributed by atoms with Crippen LogP contribution in [0.5, 0.6) is 0 Å². The van der Waals surface area contributed by atoms with Gasteiger partial charge in [-0.1, -0.05) is 62.2 Å². The number of benzene rings is 2. The van der Waals surface area contributed by atoms with E-state index in [1.807, 2.05) is 85.7 Å². The normalized spacial score (nSPS) is 14.1. The van der Waals surface area contributed by atoms with E-state index in [2.05, 4.69) is 10.6 Å². The van der Waals surface area contributed by atoms with Gasteiger partial charge in [-0.3, -0.25) is 9.59 Å². The van der Waals surface area contributed by atoms with E-state index in [9.17, 15) is 14.4 Å². The van der Waals surface area contributed by atoms with E-state index in [1.165, 1.54) is 0 Å². The van der Waals surface area contributed by atoms with Crippen LogP contribution in [-0.2, 0) is 14.3 Å². The van der Waals surface area contributed by atoms with Crippen molar-refractivity contribution < 1.29 is 19.1 Å². The number of aryl methyl sites for hydroxylation is 3. The number of carbonyl (C=O) groups is 3. The second-order valence-corrected chi connectivity index (χ2v) is 13.0. The summed E-state index contributed by atoms with van der Waals surface area (Å²) in [6, 6.07) is 9.23. The van der Waals surface area contributed by atoms with E-state index >= 15 is 0 Å². The minimum absolute atomic E-state index is 0.223. The van der Waals surface area contributed by atoms with Gasteiger partial charge in [0, 0.05) is 5.54 Å². The molecule has 0 saturated heterocycles. The van der Waals surface area contributed by atoms with E-state index < -0.39 is 35.2 Å². The van der Waals surface area contributed by atoms with Gasteiger partial charge in [0.15, 0.2) is 0 Å². The number of nitrogens with one attached hydrogen (secondary N) is 2. The van der Waals surface area contributed by atoms with Crippen LogP contribution in [0.2, 0.25) is 5.02 Å². The highest BCUT2D eigenvalue weighted by Crippen LogP contribution is 2.34. The number of anilines is 1. The second-order valence-electron chi connectivity index (χ2n) is 12.6. The molecule has 0 aliphatic carbocycles. The first kappa shape index (κ1) is 33.1. The van der Waals surface area contributed by atoms with Gasteiger partial charge in [0.25, 0.3) is 5.91 Å². The van der Waals surface area contributed by atoms with Crippen LogP contribution in [0.1, 0.15) is 90.1 Å². The van der Waals surface area contributed by atoms with E-state index in [0.29, 0.717) is 22.7 Å². The molecule has 7 nitrogen and oxygen atoms in total. The molecule has 40 heavy (non-hydrogen) atoms. The average Bonchev–Trinajstić information content (AvgIpc) is 2.82. The van der Waals surface area contributed by atoms with Gasteiger partial charge in [0.1, 0.15) is 17.7 Å². The van der Waals surface area contributed by atoms with Crippen LogP contribution in [0.4, 0.5) is 10.5 Å². The smallest absolute Gasteiger partial charge is 0.408 e. The highest BCUT2D eigenvalue weighted by molar-refractivity contribution is 6.34. The number of halogens is 1. The zero-order valence-corrected chi connectivity index (χ0v) is 26.6. The Morgan fingerprint density at radius 2 is 1.57 bits per heavy atom. The molecule has 2 aromatic rings. The number of ether oxygens (including phenoxy) is 1. The van der Waals surface area contributed by atoms with E-state index in [0.717, 1.165) is 16.7 Å².